The third-order valence-corrected chi connectivity index (χ3v) is 3.03. The van der Waals surface area contributed by atoms with Gasteiger partial charge in [-0.1, -0.05) is 39.5 Å². The van der Waals surface area contributed by atoms with E-state index in [1.165, 1.54) is 12.8 Å². The van der Waals surface area contributed by atoms with Crippen molar-refractivity contribution in [3.8, 4) is 0 Å². The van der Waals surface area contributed by atoms with E-state index in [0.29, 0.717) is 0 Å². The minimum atomic E-state index is -0.962. The first-order valence-electron chi connectivity index (χ1n) is 6.50. The molecule has 0 heterocycles. The van der Waals surface area contributed by atoms with E-state index in [2.05, 4.69) is 0 Å². The van der Waals surface area contributed by atoms with Crippen molar-refractivity contribution in [3.63, 3.8) is 0 Å². The van der Waals surface area contributed by atoms with Gasteiger partial charge in [0.15, 0.2) is 0 Å². The van der Waals surface area contributed by atoms with Gasteiger partial charge >= 0.3 is 33.0 Å². The molecular weight excluding hydrogens is 443 g/mol. The first kappa shape index (κ1) is 21.8. The Bertz CT molecular complexity index is 283. The van der Waals surface area contributed by atoms with Gasteiger partial charge in [-0.2, -0.15) is 12.1 Å². The van der Waals surface area contributed by atoms with Gasteiger partial charge < -0.3 is 21.7 Å². The first-order chi connectivity index (χ1) is 8.64. The van der Waals surface area contributed by atoms with E-state index in [1.807, 2.05) is 0 Å². The van der Waals surface area contributed by atoms with Crippen LogP contribution in [0.25, 0.3) is 11.5 Å². The summed E-state index contributed by atoms with van der Waals surface area (Å²) in [6.07, 6.45) is 4.02. The average Bonchev–Trinajstić information content (AvgIpc) is 2.19. The van der Waals surface area contributed by atoms with Crippen LogP contribution in [0.4, 0.5) is 0 Å². The third-order valence-electron chi connectivity index (χ3n) is 3.03. The summed E-state index contributed by atoms with van der Waals surface area (Å²) in [5, 5.41) is 16.7. The molecule has 1 aliphatic rings. The van der Waals surface area contributed by atoms with Crippen LogP contribution in [-0.4, -0.2) is 34.2 Å². The van der Waals surface area contributed by atoms with Crippen LogP contribution < -0.4 is 0 Å². The number of nitrogens with one attached hydrogen (secondary N) is 2. The van der Waals surface area contributed by atoms with Crippen molar-refractivity contribution in [1.29, 1.82) is 0 Å². The molecule has 0 aliphatic heterocycles. The molecule has 0 bridgehead atoms. The monoisotopic (exact) mass is 467 g/mol. The summed E-state index contributed by atoms with van der Waals surface area (Å²) in [5.74, 6) is -1.92. The van der Waals surface area contributed by atoms with Crippen molar-refractivity contribution in [3.05, 3.63) is 11.5 Å². The summed E-state index contributed by atoms with van der Waals surface area (Å²) in [6, 6.07) is -0.160. The molecule has 1 fully saturated rings. The van der Waals surface area contributed by atoms with Crippen LogP contribution in [0.1, 0.15) is 52.4 Å². The quantitative estimate of drug-likeness (QED) is 0.658. The second-order valence-corrected chi connectivity index (χ2v) is 5.80. The Hall–Kier alpha value is -0.452. The molecule has 1 rings (SSSR count). The van der Waals surface area contributed by atoms with E-state index in [1.54, 1.807) is 13.8 Å². The summed E-state index contributed by atoms with van der Waals surface area (Å²) in [4.78, 5) is 20.4. The van der Waals surface area contributed by atoms with E-state index >= 15 is 0 Å². The second kappa shape index (κ2) is 10.3. The molecule has 0 aromatic rings. The zero-order valence-electron chi connectivity index (χ0n) is 11.9. The maximum absolute atomic E-state index is 10.2. The largest absolute Gasteiger partial charge is 2.00 e. The van der Waals surface area contributed by atoms with Crippen molar-refractivity contribution in [2.24, 2.45) is 5.41 Å². The van der Waals surface area contributed by atoms with E-state index in [0.717, 1.165) is 12.8 Å². The van der Waals surface area contributed by atoms with Gasteiger partial charge in [0.25, 0.3) is 0 Å². The van der Waals surface area contributed by atoms with Crippen LogP contribution in [0.3, 0.4) is 0 Å². The molecule has 120 valence electrons. The predicted molar refractivity (Wildman–Crippen MR) is 73.0 cm³/mol. The Morgan fingerprint density at radius 3 is 1.50 bits per heavy atom. The fourth-order valence-corrected chi connectivity index (χ4v) is 2.01. The van der Waals surface area contributed by atoms with Crippen LogP contribution in [0, 0.1) is 5.41 Å². The van der Waals surface area contributed by atoms with Gasteiger partial charge in [-0.3, -0.25) is 9.59 Å². The molecule has 1 saturated carbocycles. The summed E-state index contributed by atoms with van der Waals surface area (Å²) >= 11 is 0. The predicted octanol–water partition coefficient (Wildman–Crippen LogP) is 3.36. The Labute approximate surface area is 134 Å². The Balaban J connectivity index is 0. The fraction of sp³-hybridized carbons (Fsp3) is 0.846. The SMILES string of the molecule is CC(C)(CC(=O)O)CC(=O)O.[NH-]C1CCCCC1[NH-].[Pt+2]. The molecular formula is C13H24N2O4Pt. The van der Waals surface area contributed by atoms with Gasteiger partial charge in [-0.15, -0.1) is 0 Å². The minimum absolute atomic E-state index is 0. The summed E-state index contributed by atoms with van der Waals surface area (Å²) < 4.78 is 0. The number of hydrogen-bond acceptors (Lipinski definition) is 2. The average molecular weight is 467 g/mol. The zero-order valence-corrected chi connectivity index (χ0v) is 14.2. The van der Waals surface area contributed by atoms with Crippen LogP contribution in [-0.2, 0) is 30.7 Å². The molecule has 7 heteroatoms. The molecule has 2 unspecified atom stereocenters. The minimum Gasteiger partial charge on any atom is -0.676 e. The Morgan fingerprint density at radius 1 is 1.00 bits per heavy atom. The molecule has 4 N–H and O–H groups in total. The number of aliphatic carboxylic acids is 2. The van der Waals surface area contributed by atoms with E-state index in [4.69, 9.17) is 21.7 Å². The van der Waals surface area contributed by atoms with Gasteiger partial charge in [0.1, 0.15) is 0 Å². The van der Waals surface area contributed by atoms with Gasteiger partial charge in [-0.05, 0) is 5.41 Å². The van der Waals surface area contributed by atoms with Crippen molar-refractivity contribution < 1.29 is 40.9 Å². The number of carbonyl (C=O) groups is 2. The summed E-state index contributed by atoms with van der Waals surface area (Å²) in [6.45, 7) is 3.24. The van der Waals surface area contributed by atoms with Crippen molar-refractivity contribution >= 4 is 11.9 Å². The molecule has 0 aromatic carbocycles. The summed E-state index contributed by atoms with van der Waals surface area (Å²) in [5.41, 5.74) is 13.9. The molecule has 0 spiro atoms. The van der Waals surface area contributed by atoms with Gasteiger partial charge in [-0.25, -0.2) is 0 Å². The zero-order chi connectivity index (χ0) is 15.1. The number of hydrogen-bond donors (Lipinski definition) is 2. The number of carboxylic acid groups (broad SMARTS) is 2. The normalized spacial score (nSPS) is 22.0. The fourth-order valence-electron chi connectivity index (χ4n) is 2.01. The van der Waals surface area contributed by atoms with E-state index < -0.39 is 17.4 Å². The number of rotatable bonds is 4. The van der Waals surface area contributed by atoms with Gasteiger partial charge in [0.2, 0.25) is 0 Å². The third kappa shape index (κ3) is 11.4. The summed E-state index contributed by atoms with van der Waals surface area (Å²) in [7, 11) is 0. The molecule has 0 saturated heterocycles. The standard InChI is InChI=1S/C7H12O4.C6H12N2.Pt/c1-7(2,3-5(8)9)4-6(10)11;7-5-3-1-2-4-6(5)8;/h3-4H2,1-2H3,(H,8,9)(H,10,11);5-8H,1-4H2;/q;-2;+2. The topological polar surface area (TPSA) is 122 Å². The molecule has 0 radical (unpaired) electrons. The maximum atomic E-state index is 10.2. The van der Waals surface area contributed by atoms with E-state index in [-0.39, 0.29) is 46.0 Å². The van der Waals surface area contributed by atoms with Crippen molar-refractivity contribution in [2.75, 3.05) is 0 Å². The Kier molecular flexibility index (Phi) is 11.2. The first-order valence-corrected chi connectivity index (χ1v) is 6.50. The van der Waals surface area contributed by atoms with Crippen LogP contribution in [0.5, 0.6) is 0 Å². The maximum Gasteiger partial charge on any atom is 2.00 e. The van der Waals surface area contributed by atoms with Crippen LogP contribution >= 0.6 is 0 Å². The van der Waals surface area contributed by atoms with E-state index in [9.17, 15) is 9.59 Å². The van der Waals surface area contributed by atoms with Crippen molar-refractivity contribution in [1.82, 2.24) is 0 Å². The van der Waals surface area contributed by atoms with Crippen LogP contribution in [0.2, 0.25) is 0 Å². The molecule has 0 aromatic heterocycles. The van der Waals surface area contributed by atoms with Gasteiger partial charge in [0.05, 0.1) is 12.8 Å². The molecule has 6 nitrogen and oxygen atoms in total. The smallest absolute Gasteiger partial charge is 0.676 e. The Morgan fingerprint density at radius 2 is 1.30 bits per heavy atom. The van der Waals surface area contributed by atoms with Crippen LogP contribution in [0.15, 0.2) is 0 Å². The van der Waals surface area contributed by atoms with Crippen molar-refractivity contribution in [2.45, 2.75) is 64.5 Å². The molecule has 0 amide bonds. The molecule has 1 aliphatic carbocycles. The number of carboxylic acids is 2. The molecule has 20 heavy (non-hydrogen) atoms. The molecule has 2 atom stereocenters. The van der Waals surface area contributed by atoms with Gasteiger partial charge in [0, 0.05) is 0 Å². The second-order valence-electron chi connectivity index (χ2n) is 5.80.